The Morgan fingerprint density at radius 1 is 1.33 bits per heavy atom. The molecule has 1 spiro atoms. The van der Waals surface area contributed by atoms with Crippen molar-refractivity contribution in [1.82, 2.24) is 15.4 Å². The summed E-state index contributed by atoms with van der Waals surface area (Å²) >= 11 is 0. The minimum absolute atomic E-state index is 0.206. The summed E-state index contributed by atoms with van der Waals surface area (Å²) in [5.74, 6) is 1.32. The third-order valence-corrected chi connectivity index (χ3v) is 5.69. The fourth-order valence-corrected chi connectivity index (χ4v) is 4.36. The van der Waals surface area contributed by atoms with E-state index in [1.165, 1.54) is 5.56 Å². The van der Waals surface area contributed by atoms with Gasteiger partial charge >= 0.3 is 0 Å². The number of hydrogen-bond acceptors (Lipinski definition) is 4. The molecule has 1 aromatic heterocycles. The monoisotopic (exact) mass is 325 g/mol. The average Bonchev–Trinajstić information content (AvgIpc) is 3.24. The number of benzene rings is 1. The zero-order valence-corrected chi connectivity index (χ0v) is 14.2. The van der Waals surface area contributed by atoms with Crippen LogP contribution in [0, 0.1) is 19.3 Å². The fraction of sp³-hybridized carbons (Fsp3) is 0.474. The van der Waals surface area contributed by atoms with Gasteiger partial charge in [-0.2, -0.15) is 0 Å². The van der Waals surface area contributed by atoms with Crippen LogP contribution in [0.5, 0.6) is 0 Å². The second-order valence-electron chi connectivity index (χ2n) is 7.10. The maximum absolute atomic E-state index is 12.7. The Labute approximate surface area is 142 Å². The van der Waals surface area contributed by atoms with Crippen LogP contribution in [0.25, 0.3) is 0 Å². The molecule has 4 rings (SSSR count). The van der Waals surface area contributed by atoms with Crippen LogP contribution < -0.4 is 5.32 Å². The molecular weight excluding hydrogens is 302 g/mol. The molecule has 5 heteroatoms. The predicted molar refractivity (Wildman–Crippen MR) is 90.5 cm³/mol. The van der Waals surface area contributed by atoms with Crippen LogP contribution in [0.15, 0.2) is 34.9 Å². The lowest BCUT2D eigenvalue weighted by Gasteiger charge is -2.27. The molecule has 0 saturated carbocycles. The standard InChI is InChI=1S/C19H23N3O2/c1-13-16(14(2)24-21-13)10-22-11-17(15-6-4-3-5-7-15)19(12-22)8-9-20-18(19)23/h3-7,17H,8-12H2,1-2H3,(H,20,23)/t17-,19+/m0/s1. The highest BCUT2D eigenvalue weighted by Gasteiger charge is 2.54. The third-order valence-electron chi connectivity index (χ3n) is 5.69. The third kappa shape index (κ3) is 2.35. The van der Waals surface area contributed by atoms with Gasteiger partial charge in [-0.3, -0.25) is 9.69 Å². The Kier molecular flexibility index (Phi) is 3.68. The molecule has 2 aliphatic rings. The van der Waals surface area contributed by atoms with Gasteiger partial charge in [-0.25, -0.2) is 0 Å². The van der Waals surface area contributed by atoms with Gasteiger partial charge in [-0.15, -0.1) is 0 Å². The number of likely N-dealkylation sites (tertiary alicyclic amines) is 1. The van der Waals surface area contributed by atoms with Gasteiger partial charge in [0.05, 0.1) is 11.1 Å². The normalized spacial score (nSPS) is 27.1. The molecule has 2 aliphatic heterocycles. The number of nitrogens with zero attached hydrogens (tertiary/aromatic N) is 2. The summed E-state index contributed by atoms with van der Waals surface area (Å²) in [7, 11) is 0. The van der Waals surface area contributed by atoms with Crippen molar-refractivity contribution in [3.05, 3.63) is 52.9 Å². The molecule has 24 heavy (non-hydrogen) atoms. The van der Waals surface area contributed by atoms with Crippen LogP contribution in [0.2, 0.25) is 0 Å². The molecule has 0 unspecified atom stereocenters. The summed E-state index contributed by atoms with van der Waals surface area (Å²) in [4.78, 5) is 15.1. The molecule has 126 valence electrons. The highest BCUT2D eigenvalue weighted by Crippen LogP contribution is 2.48. The van der Waals surface area contributed by atoms with Gasteiger partial charge in [-0.1, -0.05) is 35.5 Å². The van der Waals surface area contributed by atoms with Crippen LogP contribution in [-0.2, 0) is 11.3 Å². The van der Waals surface area contributed by atoms with Gasteiger partial charge in [0.2, 0.25) is 5.91 Å². The molecule has 1 amide bonds. The number of hydrogen-bond donors (Lipinski definition) is 1. The first-order valence-corrected chi connectivity index (χ1v) is 8.57. The van der Waals surface area contributed by atoms with E-state index in [-0.39, 0.29) is 17.2 Å². The van der Waals surface area contributed by atoms with Gasteiger partial charge in [0.25, 0.3) is 0 Å². The Morgan fingerprint density at radius 3 is 2.75 bits per heavy atom. The highest BCUT2D eigenvalue weighted by atomic mass is 16.5. The lowest BCUT2D eigenvalue weighted by molar-refractivity contribution is -0.127. The fourth-order valence-electron chi connectivity index (χ4n) is 4.36. The van der Waals surface area contributed by atoms with Crippen molar-refractivity contribution in [1.29, 1.82) is 0 Å². The van der Waals surface area contributed by atoms with Gasteiger partial charge in [-0.05, 0) is 25.8 Å². The number of aryl methyl sites for hydroxylation is 2. The van der Waals surface area contributed by atoms with Crippen molar-refractivity contribution < 1.29 is 9.32 Å². The quantitative estimate of drug-likeness (QED) is 0.941. The van der Waals surface area contributed by atoms with Gasteiger partial charge in [0.15, 0.2) is 0 Å². The summed E-state index contributed by atoms with van der Waals surface area (Å²) in [6.07, 6.45) is 0.906. The van der Waals surface area contributed by atoms with Crippen molar-refractivity contribution in [3.63, 3.8) is 0 Å². The van der Waals surface area contributed by atoms with E-state index in [9.17, 15) is 4.79 Å². The van der Waals surface area contributed by atoms with Gasteiger partial charge in [0.1, 0.15) is 5.76 Å². The molecule has 5 nitrogen and oxygen atoms in total. The van der Waals surface area contributed by atoms with E-state index < -0.39 is 0 Å². The van der Waals surface area contributed by atoms with E-state index >= 15 is 0 Å². The number of carbonyl (C=O) groups is 1. The molecule has 0 aliphatic carbocycles. The molecule has 2 fully saturated rings. The zero-order valence-electron chi connectivity index (χ0n) is 14.2. The van der Waals surface area contributed by atoms with Crippen LogP contribution in [0.4, 0.5) is 0 Å². The minimum atomic E-state index is -0.305. The van der Waals surface area contributed by atoms with E-state index in [1.807, 2.05) is 19.9 Å². The first kappa shape index (κ1) is 15.4. The molecular formula is C19H23N3O2. The molecule has 2 aromatic rings. The van der Waals surface area contributed by atoms with Gasteiger partial charge in [0, 0.05) is 37.7 Å². The van der Waals surface area contributed by atoms with Crippen LogP contribution in [0.3, 0.4) is 0 Å². The zero-order chi connectivity index (χ0) is 16.7. The van der Waals surface area contributed by atoms with Gasteiger partial charge < -0.3 is 9.84 Å². The number of amides is 1. The van der Waals surface area contributed by atoms with Crippen molar-refractivity contribution in [2.45, 2.75) is 32.7 Å². The number of nitrogens with one attached hydrogen (secondary N) is 1. The number of rotatable bonds is 3. The molecule has 1 N–H and O–H groups in total. The SMILES string of the molecule is Cc1noc(C)c1CN1C[C@@H](c2ccccc2)[C@@]2(CCNC2=O)C1. The molecule has 1 aromatic carbocycles. The maximum atomic E-state index is 12.7. The Hall–Kier alpha value is -2.14. The molecule has 3 heterocycles. The number of aromatic nitrogens is 1. The van der Waals surface area contributed by atoms with Crippen LogP contribution in [0.1, 0.15) is 34.9 Å². The first-order valence-electron chi connectivity index (χ1n) is 8.57. The molecule has 2 saturated heterocycles. The highest BCUT2D eigenvalue weighted by molar-refractivity contribution is 5.86. The summed E-state index contributed by atoms with van der Waals surface area (Å²) in [5.41, 5.74) is 3.05. The summed E-state index contributed by atoms with van der Waals surface area (Å²) in [5, 5.41) is 7.12. The lowest BCUT2D eigenvalue weighted by Crippen LogP contribution is -2.37. The van der Waals surface area contributed by atoms with E-state index in [2.05, 4.69) is 39.6 Å². The van der Waals surface area contributed by atoms with Crippen molar-refractivity contribution in [3.8, 4) is 0 Å². The second kappa shape index (κ2) is 5.74. The van der Waals surface area contributed by atoms with Crippen molar-refractivity contribution in [2.24, 2.45) is 5.41 Å². The van der Waals surface area contributed by atoms with E-state index in [0.29, 0.717) is 0 Å². The Balaban J connectivity index is 1.65. The van der Waals surface area contributed by atoms with E-state index in [1.54, 1.807) is 0 Å². The second-order valence-corrected chi connectivity index (χ2v) is 7.10. The Bertz CT molecular complexity index is 736. The molecule has 0 bridgehead atoms. The largest absolute Gasteiger partial charge is 0.361 e. The number of carbonyl (C=O) groups excluding carboxylic acids is 1. The maximum Gasteiger partial charge on any atom is 0.228 e. The first-order chi connectivity index (χ1) is 11.6. The minimum Gasteiger partial charge on any atom is -0.361 e. The molecule has 0 radical (unpaired) electrons. The summed E-state index contributed by atoms with van der Waals surface area (Å²) in [6.45, 7) is 7.19. The van der Waals surface area contributed by atoms with E-state index in [0.717, 1.165) is 49.6 Å². The molecule has 2 atom stereocenters. The summed E-state index contributed by atoms with van der Waals surface area (Å²) in [6, 6.07) is 10.5. The Morgan fingerprint density at radius 2 is 2.12 bits per heavy atom. The van der Waals surface area contributed by atoms with Crippen LogP contribution in [-0.4, -0.2) is 35.6 Å². The van der Waals surface area contributed by atoms with Crippen molar-refractivity contribution >= 4 is 5.91 Å². The van der Waals surface area contributed by atoms with Crippen molar-refractivity contribution in [2.75, 3.05) is 19.6 Å². The average molecular weight is 325 g/mol. The predicted octanol–water partition coefficient (Wildman–Crippen LogP) is 2.40. The topological polar surface area (TPSA) is 58.4 Å². The van der Waals surface area contributed by atoms with Crippen LogP contribution >= 0.6 is 0 Å². The lowest BCUT2D eigenvalue weighted by atomic mass is 9.73. The van der Waals surface area contributed by atoms with E-state index in [4.69, 9.17) is 4.52 Å². The smallest absolute Gasteiger partial charge is 0.228 e. The summed E-state index contributed by atoms with van der Waals surface area (Å²) < 4.78 is 5.30.